The molecule has 0 aromatic rings. The van der Waals surface area contributed by atoms with Gasteiger partial charge in [-0.1, -0.05) is 13.8 Å². The highest BCUT2D eigenvalue weighted by Gasteiger charge is 2.43. The molecule has 0 spiro atoms. The van der Waals surface area contributed by atoms with E-state index in [4.69, 9.17) is 0 Å². The van der Waals surface area contributed by atoms with Crippen molar-refractivity contribution in [2.75, 3.05) is 19.7 Å². The summed E-state index contributed by atoms with van der Waals surface area (Å²) in [6.45, 7) is 7.13. The van der Waals surface area contributed by atoms with E-state index < -0.39 is 5.54 Å². The second kappa shape index (κ2) is 6.99. The lowest BCUT2D eigenvalue weighted by Gasteiger charge is -2.36. The molecule has 0 aromatic carbocycles. The Morgan fingerprint density at radius 2 is 2.05 bits per heavy atom. The third-order valence-corrected chi connectivity index (χ3v) is 5.35. The summed E-state index contributed by atoms with van der Waals surface area (Å²) in [6.07, 6.45) is 4.67. The van der Waals surface area contributed by atoms with Crippen LogP contribution in [0.5, 0.6) is 0 Å². The van der Waals surface area contributed by atoms with Crippen molar-refractivity contribution >= 4 is 11.8 Å². The second-order valence-electron chi connectivity index (χ2n) is 7.27. The van der Waals surface area contributed by atoms with Crippen molar-refractivity contribution in [3.63, 3.8) is 0 Å². The summed E-state index contributed by atoms with van der Waals surface area (Å²) in [6, 6.07) is 0. The van der Waals surface area contributed by atoms with Crippen LogP contribution in [0, 0.1) is 17.8 Å². The van der Waals surface area contributed by atoms with Crippen LogP contribution in [0.4, 0.5) is 0 Å². The lowest BCUT2D eigenvalue weighted by Crippen LogP contribution is -2.55. The van der Waals surface area contributed by atoms with Gasteiger partial charge in [-0.25, -0.2) is 0 Å². The van der Waals surface area contributed by atoms with E-state index in [1.165, 1.54) is 0 Å². The number of piperidine rings is 1. The van der Waals surface area contributed by atoms with Gasteiger partial charge in [0.1, 0.15) is 0 Å². The van der Waals surface area contributed by atoms with E-state index in [2.05, 4.69) is 5.32 Å². The Hall–Kier alpha value is -1.10. The Labute approximate surface area is 133 Å². The van der Waals surface area contributed by atoms with Crippen LogP contribution >= 0.6 is 0 Å². The molecule has 0 aromatic heterocycles. The van der Waals surface area contributed by atoms with E-state index in [1.54, 1.807) is 0 Å². The third kappa shape index (κ3) is 3.80. The summed E-state index contributed by atoms with van der Waals surface area (Å²) in [5.74, 6) is 0.419. The third-order valence-electron chi connectivity index (χ3n) is 5.35. The summed E-state index contributed by atoms with van der Waals surface area (Å²) >= 11 is 0. The molecule has 2 rings (SSSR count). The largest absolute Gasteiger partial charge is 0.394 e. The second-order valence-corrected chi connectivity index (χ2v) is 7.27. The molecule has 126 valence electrons. The zero-order valence-electron chi connectivity index (χ0n) is 14.1. The lowest BCUT2D eigenvalue weighted by atomic mass is 9.92. The molecular weight excluding hydrogens is 280 g/mol. The molecule has 5 heteroatoms. The molecule has 3 atom stereocenters. The Kier molecular flexibility index (Phi) is 5.48. The van der Waals surface area contributed by atoms with Crippen molar-refractivity contribution in [2.24, 2.45) is 17.8 Å². The smallest absolute Gasteiger partial charge is 0.225 e. The van der Waals surface area contributed by atoms with Gasteiger partial charge in [0.15, 0.2) is 0 Å². The highest BCUT2D eigenvalue weighted by molar-refractivity contribution is 5.82. The van der Waals surface area contributed by atoms with E-state index in [9.17, 15) is 14.7 Å². The minimum absolute atomic E-state index is 0.00917. The van der Waals surface area contributed by atoms with E-state index in [1.807, 2.05) is 25.7 Å². The number of aliphatic hydroxyl groups excluding tert-OH is 1. The number of aliphatic hydroxyl groups is 1. The number of rotatable bonds is 6. The number of likely N-dealkylation sites (tertiary alicyclic amines) is 1. The first-order chi connectivity index (χ1) is 10.4. The van der Waals surface area contributed by atoms with Crippen molar-refractivity contribution in [3.05, 3.63) is 0 Å². The standard InChI is InChI=1S/C17H30N2O3/c1-4-12(2)16(22)19-9-5-6-13(10-19)15(21)18-17(3,11-20)14-7-8-14/h12-14,20H,4-11H2,1-3H3,(H,18,21). The molecule has 5 nitrogen and oxygen atoms in total. The Morgan fingerprint density at radius 3 is 2.59 bits per heavy atom. The SMILES string of the molecule is CCC(C)C(=O)N1CCCC(C(=O)NC(C)(CO)C2CC2)C1. The molecule has 1 saturated carbocycles. The zero-order valence-corrected chi connectivity index (χ0v) is 14.1. The summed E-state index contributed by atoms with van der Waals surface area (Å²) in [5.41, 5.74) is -0.500. The minimum atomic E-state index is -0.500. The summed E-state index contributed by atoms with van der Waals surface area (Å²) in [5, 5.41) is 12.7. The van der Waals surface area contributed by atoms with Gasteiger partial charge >= 0.3 is 0 Å². The van der Waals surface area contributed by atoms with Gasteiger partial charge in [0.2, 0.25) is 11.8 Å². The van der Waals surface area contributed by atoms with Crippen LogP contribution in [0.15, 0.2) is 0 Å². The van der Waals surface area contributed by atoms with Gasteiger partial charge in [-0.2, -0.15) is 0 Å². The topological polar surface area (TPSA) is 69.6 Å². The normalized spacial score (nSPS) is 26.2. The number of carbonyl (C=O) groups is 2. The molecule has 22 heavy (non-hydrogen) atoms. The van der Waals surface area contributed by atoms with Gasteiger partial charge in [0.05, 0.1) is 18.1 Å². The highest BCUT2D eigenvalue weighted by Crippen LogP contribution is 2.39. The number of nitrogens with zero attached hydrogens (tertiary/aromatic N) is 1. The fourth-order valence-electron chi connectivity index (χ4n) is 3.25. The molecule has 2 aliphatic rings. The van der Waals surface area contributed by atoms with E-state index in [0.717, 1.165) is 38.6 Å². The van der Waals surface area contributed by atoms with E-state index in [0.29, 0.717) is 12.5 Å². The van der Waals surface area contributed by atoms with Gasteiger partial charge in [-0.15, -0.1) is 0 Å². The molecule has 0 bridgehead atoms. The van der Waals surface area contributed by atoms with Crippen molar-refractivity contribution in [2.45, 2.75) is 58.4 Å². The number of carbonyl (C=O) groups excluding carboxylic acids is 2. The number of amides is 2. The van der Waals surface area contributed by atoms with Crippen LogP contribution in [-0.2, 0) is 9.59 Å². The van der Waals surface area contributed by atoms with Gasteiger partial charge < -0.3 is 15.3 Å². The van der Waals surface area contributed by atoms with Crippen LogP contribution in [0.3, 0.4) is 0 Å². The highest BCUT2D eigenvalue weighted by atomic mass is 16.3. The van der Waals surface area contributed by atoms with Crippen molar-refractivity contribution < 1.29 is 14.7 Å². The average molecular weight is 310 g/mol. The van der Waals surface area contributed by atoms with Crippen LogP contribution < -0.4 is 5.32 Å². The summed E-state index contributed by atoms with van der Waals surface area (Å²) in [7, 11) is 0. The molecule has 3 unspecified atom stereocenters. The molecular formula is C17H30N2O3. The maximum Gasteiger partial charge on any atom is 0.225 e. The molecule has 0 radical (unpaired) electrons. The molecule has 1 heterocycles. The maximum absolute atomic E-state index is 12.6. The zero-order chi connectivity index (χ0) is 16.3. The van der Waals surface area contributed by atoms with Gasteiger partial charge in [0.25, 0.3) is 0 Å². The van der Waals surface area contributed by atoms with Crippen LogP contribution in [0.1, 0.15) is 52.9 Å². The lowest BCUT2D eigenvalue weighted by molar-refractivity contribution is -0.139. The molecule has 2 fully saturated rings. The van der Waals surface area contributed by atoms with Gasteiger partial charge in [-0.05, 0) is 44.9 Å². The fraction of sp³-hybridized carbons (Fsp3) is 0.882. The Balaban J connectivity index is 1.94. The van der Waals surface area contributed by atoms with E-state index in [-0.39, 0.29) is 30.3 Å². The van der Waals surface area contributed by atoms with E-state index >= 15 is 0 Å². The summed E-state index contributed by atoms with van der Waals surface area (Å²) < 4.78 is 0. The van der Waals surface area contributed by atoms with Crippen LogP contribution in [0.2, 0.25) is 0 Å². The Bertz CT molecular complexity index is 422. The number of hydrogen-bond acceptors (Lipinski definition) is 3. The molecule has 2 amide bonds. The first-order valence-electron chi connectivity index (χ1n) is 8.63. The van der Waals surface area contributed by atoms with Crippen molar-refractivity contribution in [3.8, 4) is 0 Å². The predicted octanol–water partition coefficient (Wildman–Crippen LogP) is 1.55. The molecule has 1 aliphatic carbocycles. The average Bonchev–Trinajstić information content (AvgIpc) is 3.38. The maximum atomic E-state index is 12.6. The minimum Gasteiger partial charge on any atom is -0.394 e. The number of nitrogens with one attached hydrogen (secondary N) is 1. The van der Waals surface area contributed by atoms with Gasteiger partial charge in [-0.3, -0.25) is 9.59 Å². The summed E-state index contributed by atoms with van der Waals surface area (Å²) in [4.78, 5) is 26.7. The number of hydrogen-bond donors (Lipinski definition) is 2. The Morgan fingerprint density at radius 1 is 1.36 bits per heavy atom. The van der Waals surface area contributed by atoms with Crippen molar-refractivity contribution in [1.29, 1.82) is 0 Å². The van der Waals surface area contributed by atoms with Crippen LogP contribution in [0.25, 0.3) is 0 Å². The quantitative estimate of drug-likeness (QED) is 0.782. The first-order valence-corrected chi connectivity index (χ1v) is 8.63. The predicted molar refractivity (Wildman–Crippen MR) is 85.1 cm³/mol. The molecule has 1 aliphatic heterocycles. The first kappa shape index (κ1) is 17.3. The van der Waals surface area contributed by atoms with Crippen LogP contribution in [-0.4, -0.2) is 47.1 Å². The monoisotopic (exact) mass is 310 g/mol. The molecule has 1 saturated heterocycles. The molecule has 2 N–H and O–H groups in total. The van der Waals surface area contributed by atoms with Gasteiger partial charge in [0, 0.05) is 19.0 Å². The van der Waals surface area contributed by atoms with Crippen molar-refractivity contribution in [1.82, 2.24) is 10.2 Å². The fourth-order valence-corrected chi connectivity index (χ4v) is 3.25.